The van der Waals surface area contributed by atoms with Crippen LogP contribution in [-0.4, -0.2) is 40.7 Å². The molecule has 1 saturated heterocycles. The summed E-state index contributed by atoms with van der Waals surface area (Å²) in [5, 5.41) is 13.8. The van der Waals surface area contributed by atoms with Crippen LogP contribution >= 0.6 is 0 Å². The van der Waals surface area contributed by atoms with E-state index in [-0.39, 0.29) is 29.3 Å². The van der Waals surface area contributed by atoms with Crippen LogP contribution in [0.25, 0.3) is 0 Å². The van der Waals surface area contributed by atoms with Gasteiger partial charge in [0.2, 0.25) is 0 Å². The number of likely N-dealkylation sites (tertiary alicyclic amines) is 1. The predicted molar refractivity (Wildman–Crippen MR) is 124 cm³/mol. The maximum absolute atomic E-state index is 14.1. The minimum Gasteiger partial charge on any atom is -0.491 e. The number of β-amino-alcohol motifs (C(OH)–C–C–N with tert-alkyl or cyclic N) is 1. The molecule has 0 aromatic heterocycles. The van der Waals surface area contributed by atoms with Gasteiger partial charge in [-0.1, -0.05) is 13.8 Å². The summed E-state index contributed by atoms with van der Waals surface area (Å²) >= 11 is 0. The molecule has 1 amide bonds. The Morgan fingerprint density at radius 3 is 2.62 bits per heavy atom. The first kappa shape index (κ1) is 22.6. The number of carbonyl (C=O) groups excluding carboxylic acids is 1. The fourth-order valence-electron chi connectivity index (χ4n) is 4.86. The largest absolute Gasteiger partial charge is 0.491 e. The fraction of sp³-hybridized carbons (Fsp3) is 0.500. The molecule has 2 aromatic carbocycles. The van der Waals surface area contributed by atoms with Gasteiger partial charge in [0, 0.05) is 29.9 Å². The lowest BCUT2D eigenvalue weighted by Gasteiger charge is -2.39. The van der Waals surface area contributed by atoms with E-state index in [0.717, 1.165) is 23.2 Å². The van der Waals surface area contributed by atoms with Gasteiger partial charge in [-0.05, 0) is 81.0 Å². The van der Waals surface area contributed by atoms with Crippen molar-refractivity contribution in [2.45, 2.75) is 70.6 Å². The van der Waals surface area contributed by atoms with Crippen LogP contribution in [0.5, 0.6) is 5.75 Å². The van der Waals surface area contributed by atoms with Crippen LogP contribution in [-0.2, 0) is 5.41 Å². The third-order valence-corrected chi connectivity index (χ3v) is 6.49. The second kappa shape index (κ2) is 8.07. The molecule has 0 saturated carbocycles. The Kier molecular flexibility index (Phi) is 5.70. The molecule has 5 nitrogen and oxygen atoms in total. The van der Waals surface area contributed by atoms with Crippen LogP contribution in [0.2, 0.25) is 0 Å². The number of anilines is 1. The van der Waals surface area contributed by atoms with Gasteiger partial charge in [-0.2, -0.15) is 0 Å². The van der Waals surface area contributed by atoms with Crippen molar-refractivity contribution >= 4 is 11.6 Å². The monoisotopic (exact) mass is 440 g/mol. The van der Waals surface area contributed by atoms with Crippen molar-refractivity contribution in [3.63, 3.8) is 0 Å². The minimum atomic E-state index is -0.821. The predicted octanol–water partition coefficient (Wildman–Crippen LogP) is 5.04. The summed E-state index contributed by atoms with van der Waals surface area (Å²) in [4.78, 5) is 14.8. The Morgan fingerprint density at radius 2 is 1.97 bits per heavy atom. The number of rotatable bonds is 4. The average Bonchev–Trinajstić information content (AvgIpc) is 3.07. The SMILES string of the molecule is CC(C)Oc1ccc(F)cc1C1CC(C)(C)c2cc(C(=O)N3CCC(C)(O)C3)ccc2N1. The van der Waals surface area contributed by atoms with Gasteiger partial charge in [-0.15, -0.1) is 0 Å². The number of nitrogens with zero attached hydrogens (tertiary/aromatic N) is 1. The highest BCUT2D eigenvalue weighted by Gasteiger charge is 2.37. The number of carbonyl (C=O) groups is 1. The highest BCUT2D eigenvalue weighted by atomic mass is 19.1. The summed E-state index contributed by atoms with van der Waals surface area (Å²) in [7, 11) is 0. The summed E-state index contributed by atoms with van der Waals surface area (Å²) < 4.78 is 20.1. The molecule has 2 aliphatic heterocycles. The van der Waals surface area contributed by atoms with Gasteiger partial charge in [0.15, 0.2) is 0 Å². The number of halogens is 1. The van der Waals surface area contributed by atoms with Gasteiger partial charge in [-0.3, -0.25) is 4.79 Å². The maximum Gasteiger partial charge on any atom is 0.253 e. The van der Waals surface area contributed by atoms with Gasteiger partial charge in [0.05, 0.1) is 17.7 Å². The highest BCUT2D eigenvalue weighted by Crippen LogP contribution is 2.46. The van der Waals surface area contributed by atoms with Crippen LogP contribution in [0.15, 0.2) is 36.4 Å². The van der Waals surface area contributed by atoms with Crippen LogP contribution in [0.1, 0.15) is 75.0 Å². The van der Waals surface area contributed by atoms with Gasteiger partial charge in [0.25, 0.3) is 5.91 Å². The van der Waals surface area contributed by atoms with Crippen molar-refractivity contribution < 1.29 is 19.0 Å². The van der Waals surface area contributed by atoms with Crippen LogP contribution in [0, 0.1) is 5.82 Å². The third-order valence-electron chi connectivity index (χ3n) is 6.49. The van der Waals surface area contributed by atoms with E-state index in [1.165, 1.54) is 6.07 Å². The Balaban J connectivity index is 1.64. The first-order chi connectivity index (χ1) is 14.9. The number of amides is 1. The molecule has 2 aliphatic rings. The van der Waals surface area contributed by atoms with Gasteiger partial charge in [0.1, 0.15) is 11.6 Å². The second-order valence-corrected chi connectivity index (χ2v) is 10.4. The number of ether oxygens (including phenoxy) is 1. The lowest BCUT2D eigenvalue weighted by molar-refractivity contribution is 0.0572. The van der Waals surface area contributed by atoms with Crippen LogP contribution < -0.4 is 10.1 Å². The van der Waals surface area contributed by atoms with Crippen molar-refractivity contribution in [2.24, 2.45) is 0 Å². The lowest BCUT2D eigenvalue weighted by atomic mass is 9.73. The molecule has 0 spiro atoms. The molecule has 0 bridgehead atoms. The van der Waals surface area contributed by atoms with E-state index in [1.807, 2.05) is 32.0 Å². The minimum absolute atomic E-state index is 0.0111. The van der Waals surface area contributed by atoms with Gasteiger partial charge >= 0.3 is 0 Å². The van der Waals surface area contributed by atoms with Gasteiger partial charge < -0.3 is 20.1 Å². The zero-order chi connectivity index (χ0) is 23.3. The number of aliphatic hydroxyl groups is 1. The lowest BCUT2D eigenvalue weighted by Crippen LogP contribution is -2.35. The van der Waals surface area contributed by atoms with E-state index < -0.39 is 5.60 Å². The van der Waals surface area contributed by atoms with E-state index in [1.54, 1.807) is 24.0 Å². The normalized spacial score (nSPS) is 24.2. The van der Waals surface area contributed by atoms with Gasteiger partial charge in [-0.25, -0.2) is 4.39 Å². The molecule has 0 radical (unpaired) electrons. The van der Waals surface area contributed by atoms with E-state index in [2.05, 4.69) is 19.2 Å². The Hall–Kier alpha value is -2.60. The maximum atomic E-state index is 14.1. The molecule has 0 aliphatic carbocycles. The number of fused-ring (bicyclic) bond motifs is 1. The average molecular weight is 441 g/mol. The van der Waals surface area contributed by atoms with Crippen molar-refractivity contribution in [1.82, 2.24) is 4.90 Å². The molecule has 2 N–H and O–H groups in total. The zero-order valence-corrected chi connectivity index (χ0v) is 19.5. The molecule has 6 heteroatoms. The van der Waals surface area contributed by atoms with Crippen LogP contribution in [0.3, 0.4) is 0 Å². The summed E-state index contributed by atoms with van der Waals surface area (Å²) in [6, 6.07) is 10.3. The molecule has 4 rings (SSSR count). The van der Waals surface area contributed by atoms with E-state index in [0.29, 0.717) is 30.8 Å². The molecule has 32 heavy (non-hydrogen) atoms. The molecule has 2 unspecified atom stereocenters. The molecule has 2 atom stereocenters. The molecule has 2 heterocycles. The van der Waals surface area contributed by atoms with E-state index in [9.17, 15) is 14.3 Å². The number of hydrogen-bond acceptors (Lipinski definition) is 4. The van der Waals surface area contributed by atoms with E-state index in [4.69, 9.17) is 4.74 Å². The Morgan fingerprint density at radius 1 is 1.22 bits per heavy atom. The summed E-state index contributed by atoms with van der Waals surface area (Å²) in [6.45, 7) is 10.9. The standard InChI is InChI=1S/C26H33FN2O3/c1-16(2)32-23-9-7-18(27)13-19(23)22-14-25(3,4)20-12-17(6-8-21(20)28-22)24(30)29-11-10-26(5,31)15-29/h6-9,12-13,16,22,28,31H,10-11,14-15H2,1-5H3. The number of benzene rings is 2. The van der Waals surface area contributed by atoms with E-state index >= 15 is 0 Å². The third kappa shape index (κ3) is 4.46. The highest BCUT2D eigenvalue weighted by molar-refractivity contribution is 5.95. The molecule has 172 valence electrons. The zero-order valence-electron chi connectivity index (χ0n) is 19.5. The fourth-order valence-corrected chi connectivity index (χ4v) is 4.86. The van der Waals surface area contributed by atoms with Crippen LogP contribution in [0.4, 0.5) is 10.1 Å². The van der Waals surface area contributed by atoms with Crippen molar-refractivity contribution in [1.29, 1.82) is 0 Å². The van der Waals surface area contributed by atoms with Crippen molar-refractivity contribution in [2.75, 3.05) is 18.4 Å². The smallest absolute Gasteiger partial charge is 0.253 e. The summed E-state index contributed by atoms with van der Waals surface area (Å²) in [6.07, 6.45) is 1.31. The Labute approximate surface area is 189 Å². The van der Waals surface area contributed by atoms with Crippen molar-refractivity contribution in [3.8, 4) is 5.75 Å². The molecule has 1 fully saturated rings. The molecule has 2 aromatic rings. The van der Waals surface area contributed by atoms with Crippen molar-refractivity contribution in [3.05, 3.63) is 58.9 Å². The summed E-state index contributed by atoms with van der Waals surface area (Å²) in [5.74, 6) is 0.344. The second-order valence-electron chi connectivity index (χ2n) is 10.4. The Bertz CT molecular complexity index is 1030. The summed E-state index contributed by atoms with van der Waals surface area (Å²) in [5.41, 5.74) is 2.38. The first-order valence-corrected chi connectivity index (χ1v) is 11.3. The number of hydrogen-bond donors (Lipinski definition) is 2. The number of nitrogens with one attached hydrogen (secondary N) is 1. The quantitative estimate of drug-likeness (QED) is 0.699. The molecular weight excluding hydrogens is 407 g/mol. The first-order valence-electron chi connectivity index (χ1n) is 11.3. The molecular formula is C26H33FN2O3. The topological polar surface area (TPSA) is 61.8 Å².